The molecule has 1 unspecified atom stereocenters. The van der Waals surface area contributed by atoms with Crippen molar-refractivity contribution < 1.29 is 9.90 Å². The molecule has 0 saturated heterocycles. The molecule has 1 N–H and O–H groups in total. The van der Waals surface area contributed by atoms with E-state index < -0.39 is 5.60 Å². The zero-order chi connectivity index (χ0) is 16.4. The van der Waals surface area contributed by atoms with E-state index >= 15 is 0 Å². The molecule has 4 aliphatic carbocycles. The molecule has 2 fully saturated rings. The molecule has 4 aliphatic rings. The van der Waals surface area contributed by atoms with Crippen molar-refractivity contribution in [1.82, 2.24) is 0 Å². The number of rotatable bonds is 0. The minimum Gasteiger partial charge on any atom is -0.374 e. The first-order chi connectivity index (χ1) is 10.9. The fraction of sp³-hybridized carbons (Fsp3) is 0.571. The Labute approximate surface area is 138 Å². The first-order valence-corrected chi connectivity index (χ1v) is 8.70. The predicted octanol–water partition coefficient (Wildman–Crippen LogP) is 3.43. The largest absolute Gasteiger partial charge is 0.374 e. The highest BCUT2D eigenvalue weighted by atomic mass is 16.3. The fourth-order valence-electron chi connectivity index (χ4n) is 5.92. The molecule has 0 aliphatic heterocycles. The van der Waals surface area contributed by atoms with E-state index in [1.165, 1.54) is 11.1 Å². The Morgan fingerprint density at radius 3 is 2.96 bits per heavy atom. The molecular weight excluding hydrogens is 284 g/mol. The van der Waals surface area contributed by atoms with Gasteiger partial charge in [0.2, 0.25) is 0 Å². The number of hydrogen-bond donors (Lipinski definition) is 1. The molecule has 6 atom stereocenters. The van der Waals surface area contributed by atoms with Crippen LogP contribution in [0, 0.1) is 41.4 Å². The van der Waals surface area contributed by atoms with Gasteiger partial charge in [0.1, 0.15) is 5.60 Å². The van der Waals surface area contributed by atoms with E-state index in [1.807, 2.05) is 12.2 Å². The van der Waals surface area contributed by atoms with Gasteiger partial charge in [0.15, 0.2) is 5.78 Å². The van der Waals surface area contributed by atoms with E-state index in [1.54, 1.807) is 0 Å². The molecule has 4 rings (SSSR count). The molecule has 0 aromatic rings. The second-order valence-corrected chi connectivity index (χ2v) is 8.11. The third-order valence-corrected chi connectivity index (χ3v) is 7.07. The van der Waals surface area contributed by atoms with Crippen LogP contribution >= 0.6 is 0 Å². The number of allylic oxidation sites excluding steroid dienone is 4. The number of aliphatic hydroxyl groups is 1. The van der Waals surface area contributed by atoms with Crippen molar-refractivity contribution in [1.29, 1.82) is 0 Å². The summed E-state index contributed by atoms with van der Waals surface area (Å²) in [6.45, 7) is 6.71. The first-order valence-electron chi connectivity index (χ1n) is 8.70. The number of carbonyl (C=O) groups is 1. The van der Waals surface area contributed by atoms with Crippen molar-refractivity contribution in [3.05, 3.63) is 36.0 Å². The van der Waals surface area contributed by atoms with Crippen LogP contribution in [-0.4, -0.2) is 16.5 Å². The van der Waals surface area contributed by atoms with Crippen molar-refractivity contribution in [3.8, 4) is 12.3 Å². The number of terminal acetylenes is 1. The highest BCUT2D eigenvalue weighted by Crippen LogP contribution is 2.62. The van der Waals surface area contributed by atoms with E-state index in [4.69, 9.17) is 6.42 Å². The lowest BCUT2D eigenvalue weighted by Crippen LogP contribution is -2.50. The Balaban J connectivity index is 1.74. The summed E-state index contributed by atoms with van der Waals surface area (Å²) in [6, 6.07) is 0. The first kappa shape index (κ1) is 15.0. The van der Waals surface area contributed by atoms with Gasteiger partial charge in [-0.05, 0) is 61.0 Å². The highest BCUT2D eigenvalue weighted by Gasteiger charge is 2.57. The molecule has 0 bridgehead atoms. The van der Waals surface area contributed by atoms with Gasteiger partial charge < -0.3 is 5.11 Å². The zero-order valence-electron chi connectivity index (χ0n) is 13.7. The van der Waals surface area contributed by atoms with Crippen molar-refractivity contribution in [2.24, 2.45) is 29.1 Å². The Kier molecular flexibility index (Phi) is 3.06. The second-order valence-electron chi connectivity index (χ2n) is 8.11. The summed E-state index contributed by atoms with van der Waals surface area (Å²) in [5, 5.41) is 10.7. The summed E-state index contributed by atoms with van der Waals surface area (Å²) in [4.78, 5) is 11.8. The molecule has 120 valence electrons. The van der Waals surface area contributed by atoms with Crippen LogP contribution in [0.1, 0.15) is 39.0 Å². The van der Waals surface area contributed by atoms with Crippen LogP contribution in [0.15, 0.2) is 36.0 Å². The molecule has 23 heavy (non-hydrogen) atoms. The molecule has 0 aromatic heterocycles. The average molecular weight is 308 g/mol. The van der Waals surface area contributed by atoms with Gasteiger partial charge in [0.25, 0.3) is 0 Å². The lowest BCUT2D eigenvalue weighted by molar-refractivity contribution is -0.116. The minimum atomic E-state index is -1.11. The third-order valence-electron chi connectivity index (χ3n) is 7.07. The molecule has 0 aromatic carbocycles. The summed E-state index contributed by atoms with van der Waals surface area (Å²) in [6.07, 6.45) is 15.9. The smallest absolute Gasteiger partial charge is 0.155 e. The highest BCUT2D eigenvalue weighted by molar-refractivity contribution is 5.91. The van der Waals surface area contributed by atoms with E-state index in [0.29, 0.717) is 24.2 Å². The van der Waals surface area contributed by atoms with Crippen LogP contribution < -0.4 is 0 Å². The van der Waals surface area contributed by atoms with E-state index in [-0.39, 0.29) is 17.1 Å². The van der Waals surface area contributed by atoms with Crippen LogP contribution in [-0.2, 0) is 4.79 Å². The molecule has 2 heteroatoms. The van der Waals surface area contributed by atoms with Gasteiger partial charge in [-0.25, -0.2) is 0 Å². The molecule has 2 saturated carbocycles. The summed E-state index contributed by atoms with van der Waals surface area (Å²) in [7, 11) is 0. The standard InChI is InChI=1S/C21H24O2/c1-4-21(23)10-8-16-17-6-5-14-12-15(22)7-9-20(14,3)19(17)13(2)11-18(16)21/h1,8,10,12,16-19,23H,2,5-7,9,11H2,3H3/t16-,17-,18?,19-,20-,21-/m0/s1. The van der Waals surface area contributed by atoms with E-state index in [9.17, 15) is 9.90 Å². The monoisotopic (exact) mass is 308 g/mol. The molecule has 0 amide bonds. The topological polar surface area (TPSA) is 37.3 Å². The van der Waals surface area contributed by atoms with Crippen molar-refractivity contribution >= 4 is 5.78 Å². The van der Waals surface area contributed by atoms with Crippen LogP contribution in [0.3, 0.4) is 0 Å². The van der Waals surface area contributed by atoms with Crippen LogP contribution in [0.2, 0.25) is 0 Å². The van der Waals surface area contributed by atoms with Gasteiger partial charge in [-0.2, -0.15) is 0 Å². The fourth-order valence-corrected chi connectivity index (χ4v) is 5.92. The number of ketones is 1. The van der Waals surface area contributed by atoms with E-state index in [2.05, 4.69) is 25.5 Å². The lowest BCUT2D eigenvalue weighted by Gasteiger charge is -2.56. The molecule has 0 heterocycles. The minimum absolute atomic E-state index is 0.0591. The van der Waals surface area contributed by atoms with Crippen molar-refractivity contribution in [2.75, 3.05) is 0 Å². The van der Waals surface area contributed by atoms with Crippen molar-refractivity contribution in [2.45, 2.75) is 44.6 Å². The molecule has 0 spiro atoms. The summed E-state index contributed by atoms with van der Waals surface area (Å²) < 4.78 is 0. The normalized spacial score (nSPS) is 48.1. The Hall–Kier alpha value is -1.59. The number of hydrogen-bond acceptors (Lipinski definition) is 2. The lowest BCUT2D eigenvalue weighted by atomic mass is 9.48. The third kappa shape index (κ3) is 1.90. The maximum absolute atomic E-state index is 11.8. The number of carbonyl (C=O) groups excluding carboxylic acids is 1. The van der Waals surface area contributed by atoms with E-state index in [0.717, 1.165) is 25.7 Å². The molecule has 2 nitrogen and oxygen atoms in total. The van der Waals surface area contributed by atoms with Crippen LogP contribution in [0.5, 0.6) is 0 Å². The van der Waals surface area contributed by atoms with Crippen LogP contribution in [0.4, 0.5) is 0 Å². The Morgan fingerprint density at radius 2 is 2.22 bits per heavy atom. The predicted molar refractivity (Wildman–Crippen MR) is 90.3 cm³/mol. The zero-order valence-corrected chi connectivity index (χ0v) is 13.7. The molecule has 0 radical (unpaired) electrons. The SMILES string of the molecule is C#C[C@]1(O)C=C[C@@H]2C1CC(=C)[C@H]1[C@H]2CCC2=CC(=O)CC[C@@]21C. The summed E-state index contributed by atoms with van der Waals surface area (Å²) >= 11 is 0. The average Bonchev–Trinajstić information content (AvgIpc) is 2.86. The Bertz CT molecular complexity index is 691. The van der Waals surface area contributed by atoms with Gasteiger partial charge in [-0.1, -0.05) is 36.6 Å². The second kappa shape index (κ2) is 4.71. The maximum atomic E-state index is 11.8. The van der Waals surface area contributed by atoms with Gasteiger partial charge in [-0.3, -0.25) is 4.79 Å². The summed E-state index contributed by atoms with van der Waals surface area (Å²) in [5.74, 6) is 4.17. The van der Waals surface area contributed by atoms with Gasteiger partial charge in [0, 0.05) is 12.3 Å². The number of fused-ring (bicyclic) bond motifs is 5. The van der Waals surface area contributed by atoms with Gasteiger partial charge in [-0.15, -0.1) is 6.42 Å². The van der Waals surface area contributed by atoms with Crippen molar-refractivity contribution in [3.63, 3.8) is 0 Å². The maximum Gasteiger partial charge on any atom is 0.155 e. The summed E-state index contributed by atoms with van der Waals surface area (Å²) in [5.41, 5.74) is 1.49. The van der Waals surface area contributed by atoms with Gasteiger partial charge >= 0.3 is 0 Å². The quantitative estimate of drug-likeness (QED) is 0.550. The molecular formula is C21H24O2. The van der Waals surface area contributed by atoms with Crippen LogP contribution in [0.25, 0.3) is 0 Å². The Morgan fingerprint density at radius 1 is 1.43 bits per heavy atom. The van der Waals surface area contributed by atoms with Gasteiger partial charge in [0.05, 0.1) is 0 Å².